The fourth-order valence-corrected chi connectivity index (χ4v) is 2.81. The highest BCUT2D eigenvalue weighted by Crippen LogP contribution is 2.38. The summed E-state index contributed by atoms with van der Waals surface area (Å²) in [6.45, 7) is -0.660. The van der Waals surface area contributed by atoms with Crippen LogP contribution in [0.25, 0.3) is 0 Å². The molecule has 0 aliphatic rings. The molecular formula is C17H34NO9P. The van der Waals surface area contributed by atoms with Crippen molar-refractivity contribution < 1.29 is 47.5 Å². The highest BCUT2D eigenvalue weighted by Gasteiger charge is 2.19. The zero-order valence-corrected chi connectivity index (χ0v) is 17.9. The summed E-state index contributed by atoms with van der Waals surface area (Å²) in [6, 6.07) is 0. The summed E-state index contributed by atoms with van der Waals surface area (Å²) in [4.78, 5) is 33.8. The molecule has 0 fully saturated rings. The number of aliphatic carboxylic acids is 1. The molecule has 0 aliphatic heterocycles. The van der Waals surface area contributed by atoms with Crippen LogP contribution in [-0.2, 0) is 27.9 Å². The number of nitrogens with zero attached hydrogens (tertiary/aromatic N) is 1. The van der Waals surface area contributed by atoms with E-state index in [4.69, 9.17) is 14.4 Å². The Hall–Kier alpha value is -1.03. The second-order valence-electron chi connectivity index (χ2n) is 7.55. The Morgan fingerprint density at radius 1 is 1.04 bits per heavy atom. The molecule has 0 bridgehead atoms. The van der Waals surface area contributed by atoms with Crippen LogP contribution in [0.2, 0.25) is 0 Å². The van der Waals surface area contributed by atoms with E-state index in [0.717, 1.165) is 19.3 Å². The van der Waals surface area contributed by atoms with Gasteiger partial charge in [0, 0.05) is 12.8 Å². The van der Waals surface area contributed by atoms with E-state index < -0.39 is 39.1 Å². The monoisotopic (exact) mass is 427 g/mol. The molecule has 1 unspecified atom stereocenters. The first-order valence-electron chi connectivity index (χ1n) is 9.38. The Balaban J connectivity index is 3.98. The summed E-state index contributed by atoms with van der Waals surface area (Å²) < 4.78 is 26.6. The van der Waals surface area contributed by atoms with Crippen molar-refractivity contribution in [1.82, 2.24) is 0 Å². The molecule has 0 saturated carbocycles. The Morgan fingerprint density at radius 2 is 1.61 bits per heavy atom. The lowest BCUT2D eigenvalue weighted by molar-refractivity contribution is -0.870. The topological polar surface area (TPSA) is 142 Å². The standard InChI is InChI=1S/C17H34NO9P/c1-18(2,3)11-12-25-28(23,24)26-14-15(13-19)27-17(22)10-8-6-4-5-7-9-16(20)21/h15,19H,4-14H2,1-3H3,(H-,20,21,23,24)/t15-/m1/s1. The van der Waals surface area contributed by atoms with Crippen molar-refractivity contribution in [3.8, 4) is 0 Å². The van der Waals surface area contributed by atoms with Gasteiger partial charge in [-0.15, -0.1) is 0 Å². The average molecular weight is 427 g/mol. The number of esters is 1. The molecule has 0 aromatic carbocycles. The van der Waals surface area contributed by atoms with E-state index in [1.807, 2.05) is 21.1 Å². The lowest BCUT2D eigenvalue weighted by atomic mass is 10.1. The lowest BCUT2D eigenvalue weighted by Crippen LogP contribution is -2.37. The molecule has 0 rings (SSSR count). The van der Waals surface area contributed by atoms with Crippen LogP contribution in [0.5, 0.6) is 0 Å². The number of carbonyl (C=O) groups is 2. The smallest absolute Gasteiger partial charge is 0.306 e. The van der Waals surface area contributed by atoms with Gasteiger partial charge >= 0.3 is 11.9 Å². The number of rotatable bonds is 17. The summed E-state index contributed by atoms with van der Waals surface area (Å²) in [6.07, 6.45) is 2.71. The number of quaternary nitrogens is 1. The minimum atomic E-state index is -4.54. The number of phosphoric ester groups is 1. The minimum Gasteiger partial charge on any atom is -0.756 e. The molecule has 0 saturated heterocycles. The number of carboxylic acid groups (broad SMARTS) is 1. The Labute approximate surface area is 166 Å². The fourth-order valence-electron chi connectivity index (χ4n) is 2.08. The Morgan fingerprint density at radius 3 is 2.14 bits per heavy atom. The molecule has 28 heavy (non-hydrogen) atoms. The van der Waals surface area contributed by atoms with Gasteiger partial charge in [0.15, 0.2) is 0 Å². The van der Waals surface area contributed by atoms with Crippen LogP contribution in [0, 0.1) is 0 Å². The van der Waals surface area contributed by atoms with E-state index in [1.54, 1.807) is 0 Å². The number of carboxylic acids is 1. The number of hydrogen-bond acceptors (Lipinski definition) is 8. The van der Waals surface area contributed by atoms with Crippen molar-refractivity contribution in [3.05, 3.63) is 0 Å². The number of likely N-dealkylation sites (N-methyl/N-ethyl adjacent to an activating group) is 1. The first-order chi connectivity index (χ1) is 12.9. The van der Waals surface area contributed by atoms with E-state index in [9.17, 15) is 24.2 Å². The van der Waals surface area contributed by atoms with Crippen LogP contribution in [0.1, 0.15) is 44.9 Å². The molecular weight excluding hydrogens is 393 g/mol. The van der Waals surface area contributed by atoms with Gasteiger partial charge in [-0.25, -0.2) is 0 Å². The third kappa shape index (κ3) is 17.1. The summed E-state index contributed by atoms with van der Waals surface area (Å²) in [7, 11) is 1.12. The van der Waals surface area contributed by atoms with Crippen molar-refractivity contribution >= 4 is 19.8 Å². The van der Waals surface area contributed by atoms with Crippen LogP contribution in [0.3, 0.4) is 0 Å². The van der Waals surface area contributed by atoms with Gasteiger partial charge < -0.3 is 33.4 Å². The Bertz CT molecular complexity index is 507. The highest BCUT2D eigenvalue weighted by molar-refractivity contribution is 7.45. The largest absolute Gasteiger partial charge is 0.756 e. The second kappa shape index (κ2) is 14.0. The molecule has 0 heterocycles. The third-order valence-electron chi connectivity index (χ3n) is 3.70. The molecule has 2 atom stereocenters. The zero-order chi connectivity index (χ0) is 21.6. The number of phosphoric acid groups is 1. The maximum atomic E-state index is 11.8. The molecule has 166 valence electrons. The molecule has 0 aliphatic carbocycles. The van der Waals surface area contributed by atoms with Crippen molar-refractivity contribution in [2.24, 2.45) is 0 Å². The van der Waals surface area contributed by atoms with Crippen LogP contribution in [0.4, 0.5) is 0 Å². The lowest BCUT2D eigenvalue weighted by Gasteiger charge is -2.28. The molecule has 0 aromatic heterocycles. The van der Waals surface area contributed by atoms with Crippen LogP contribution < -0.4 is 4.89 Å². The van der Waals surface area contributed by atoms with Crippen molar-refractivity contribution in [3.63, 3.8) is 0 Å². The van der Waals surface area contributed by atoms with Gasteiger partial charge in [0.1, 0.15) is 19.3 Å². The predicted octanol–water partition coefficient (Wildman–Crippen LogP) is 0.914. The summed E-state index contributed by atoms with van der Waals surface area (Å²) >= 11 is 0. The average Bonchev–Trinajstić information content (AvgIpc) is 2.56. The first-order valence-corrected chi connectivity index (χ1v) is 10.8. The highest BCUT2D eigenvalue weighted by atomic mass is 31.2. The van der Waals surface area contributed by atoms with Gasteiger partial charge in [0.05, 0.1) is 34.4 Å². The van der Waals surface area contributed by atoms with E-state index in [0.29, 0.717) is 23.9 Å². The summed E-state index contributed by atoms with van der Waals surface area (Å²) in [5.41, 5.74) is 0. The van der Waals surface area contributed by atoms with Gasteiger partial charge in [-0.05, 0) is 12.8 Å². The molecule has 0 radical (unpaired) electrons. The number of carbonyl (C=O) groups excluding carboxylic acids is 1. The van der Waals surface area contributed by atoms with Crippen molar-refractivity contribution in [2.75, 3.05) is 47.5 Å². The van der Waals surface area contributed by atoms with Gasteiger partial charge in [-0.2, -0.15) is 0 Å². The maximum absolute atomic E-state index is 11.8. The van der Waals surface area contributed by atoms with Crippen LogP contribution in [-0.4, -0.2) is 80.2 Å². The normalized spacial score (nSPS) is 15.0. The molecule has 0 spiro atoms. The number of aliphatic hydroxyl groups excluding tert-OH is 1. The van der Waals surface area contributed by atoms with E-state index in [-0.39, 0.29) is 19.4 Å². The van der Waals surface area contributed by atoms with Gasteiger partial charge in [-0.3, -0.25) is 14.2 Å². The SMILES string of the molecule is C[N+](C)(C)CCOP(=O)([O-])OC[C@@H](CO)OC(=O)CCCCCCCC(=O)O. The predicted molar refractivity (Wildman–Crippen MR) is 99.3 cm³/mol. The van der Waals surface area contributed by atoms with Crippen LogP contribution >= 0.6 is 7.82 Å². The molecule has 10 nitrogen and oxygen atoms in total. The number of aliphatic hydroxyl groups is 1. The molecule has 2 N–H and O–H groups in total. The third-order valence-corrected chi connectivity index (χ3v) is 4.67. The van der Waals surface area contributed by atoms with Gasteiger partial charge in [0.25, 0.3) is 7.82 Å². The van der Waals surface area contributed by atoms with Gasteiger partial charge in [0.2, 0.25) is 0 Å². The fraction of sp³-hybridized carbons (Fsp3) is 0.882. The van der Waals surface area contributed by atoms with E-state index in [2.05, 4.69) is 4.52 Å². The molecule has 0 aromatic rings. The number of unbranched alkanes of at least 4 members (excludes halogenated alkanes) is 4. The minimum absolute atomic E-state index is 0.0413. The van der Waals surface area contributed by atoms with E-state index >= 15 is 0 Å². The van der Waals surface area contributed by atoms with E-state index in [1.165, 1.54) is 0 Å². The quantitative estimate of drug-likeness (QED) is 0.150. The zero-order valence-electron chi connectivity index (χ0n) is 17.0. The Kier molecular flexibility index (Phi) is 13.5. The molecule has 0 amide bonds. The summed E-state index contributed by atoms with van der Waals surface area (Å²) in [5.74, 6) is -1.37. The second-order valence-corrected chi connectivity index (χ2v) is 8.96. The maximum Gasteiger partial charge on any atom is 0.306 e. The number of ether oxygens (including phenoxy) is 1. The first kappa shape index (κ1) is 27.0. The molecule has 11 heteroatoms. The van der Waals surface area contributed by atoms with Crippen molar-refractivity contribution in [2.45, 2.75) is 51.0 Å². The van der Waals surface area contributed by atoms with Crippen molar-refractivity contribution in [1.29, 1.82) is 0 Å². The van der Waals surface area contributed by atoms with Crippen LogP contribution in [0.15, 0.2) is 0 Å². The summed E-state index contributed by atoms with van der Waals surface area (Å²) in [5, 5.41) is 17.8. The number of hydrogen-bond donors (Lipinski definition) is 2. The van der Waals surface area contributed by atoms with Gasteiger partial charge in [-0.1, -0.05) is 19.3 Å².